The summed E-state index contributed by atoms with van der Waals surface area (Å²) in [5.41, 5.74) is 2.51. The fraction of sp³-hybridized carbons (Fsp3) is 0.231. The van der Waals surface area contributed by atoms with Crippen molar-refractivity contribution in [1.29, 1.82) is 5.26 Å². The fourth-order valence-electron chi connectivity index (χ4n) is 4.10. The van der Waals surface area contributed by atoms with Gasteiger partial charge in [0, 0.05) is 23.3 Å². The summed E-state index contributed by atoms with van der Waals surface area (Å²) in [5, 5.41) is 13.1. The molecule has 8 nitrogen and oxygen atoms in total. The van der Waals surface area contributed by atoms with Crippen LogP contribution in [-0.4, -0.2) is 32.4 Å². The first-order valence-corrected chi connectivity index (χ1v) is 11.2. The molecule has 1 aromatic carbocycles. The van der Waals surface area contributed by atoms with Gasteiger partial charge in [-0.3, -0.25) is 9.78 Å². The normalized spacial score (nSPS) is 17.2. The number of aromatic nitrogens is 4. The number of amides is 1. The van der Waals surface area contributed by atoms with Gasteiger partial charge in [0.2, 0.25) is 5.82 Å². The number of benzene rings is 1. The van der Waals surface area contributed by atoms with Crippen LogP contribution in [0.2, 0.25) is 0 Å². The van der Waals surface area contributed by atoms with Gasteiger partial charge in [0.05, 0.1) is 48.4 Å². The number of ether oxygens (including phenoxy) is 1. The Bertz CT molecular complexity index is 1570. The lowest BCUT2D eigenvalue weighted by Crippen LogP contribution is -2.33. The summed E-state index contributed by atoms with van der Waals surface area (Å²) in [6, 6.07) is 13.7. The second-order valence-corrected chi connectivity index (χ2v) is 8.82. The Hall–Kier alpha value is -4.43. The van der Waals surface area contributed by atoms with Crippen molar-refractivity contribution >= 4 is 16.8 Å². The third kappa shape index (κ3) is 4.83. The molecule has 0 aliphatic carbocycles. The third-order valence-electron chi connectivity index (χ3n) is 6.09. The first-order valence-electron chi connectivity index (χ1n) is 11.2. The van der Waals surface area contributed by atoms with E-state index in [0.29, 0.717) is 28.8 Å². The van der Waals surface area contributed by atoms with E-state index in [0.717, 1.165) is 17.3 Å². The van der Waals surface area contributed by atoms with Gasteiger partial charge in [0.15, 0.2) is 0 Å². The van der Waals surface area contributed by atoms with Crippen molar-refractivity contribution in [3.8, 4) is 17.5 Å². The molecule has 1 atom stereocenters. The first-order chi connectivity index (χ1) is 17.7. The summed E-state index contributed by atoms with van der Waals surface area (Å²) < 4.78 is 44.5. The van der Waals surface area contributed by atoms with E-state index < -0.39 is 17.4 Å². The maximum Gasteiger partial charge on any atom is 0.451 e. The number of hydrogen-bond acceptors (Lipinski definition) is 7. The molecule has 0 radical (unpaired) electrons. The predicted molar refractivity (Wildman–Crippen MR) is 126 cm³/mol. The van der Waals surface area contributed by atoms with Gasteiger partial charge in [0.25, 0.3) is 5.91 Å². The van der Waals surface area contributed by atoms with E-state index >= 15 is 0 Å². The Labute approximate surface area is 209 Å². The monoisotopic (exact) mass is 504 g/mol. The average molecular weight is 504 g/mol. The topological polar surface area (TPSA) is 114 Å². The van der Waals surface area contributed by atoms with Crippen molar-refractivity contribution in [1.82, 2.24) is 25.3 Å². The third-order valence-corrected chi connectivity index (χ3v) is 6.09. The van der Waals surface area contributed by atoms with E-state index in [1.54, 1.807) is 49.5 Å². The molecule has 5 rings (SSSR count). The van der Waals surface area contributed by atoms with Crippen molar-refractivity contribution in [3.63, 3.8) is 0 Å². The summed E-state index contributed by atoms with van der Waals surface area (Å²) >= 11 is 0. The van der Waals surface area contributed by atoms with Gasteiger partial charge >= 0.3 is 6.18 Å². The van der Waals surface area contributed by atoms with Crippen molar-refractivity contribution < 1.29 is 22.7 Å². The highest BCUT2D eigenvalue weighted by Crippen LogP contribution is 2.32. The van der Waals surface area contributed by atoms with E-state index in [4.69, 9.17) is 4.74 Å². The quantitative estimate of drug-likeness (QED) is 0.440. The highest BCUT2D eigenvalue weighted by atomic mass is 19.4. The zero-order valence-corrected chi connectivity index (χ0v) is 19.5. The molecule has 186 valence electrons. The Kier molecular flexibility index (Phi) is 6.05. The van der Waals surface area contributed by atoms with Crippen molar-refractivity contribution in [2.75, 3.05) is 6.61 Å². The standard InChI is InChI=1S/C26H19F3N6O2/c1-25(13-30)14-37-12-17-3-2-15(8-19(17)25)23(36)33-11-18-9-22-16(10-32-18)4-5-20(34-22)21-6-7-31-24(35-21)26(27,28)29/h2-10H,11-12,14H2,1H3,(H,33,36)/t25-/m1/s1. The smallest absolute Gasteiger partial charge is 0.375 e. The SMILES string of the molecule is C[C@@]1(C#N)COCc2ccc(C(=O)NCc3cc4nc(-c5ccnc(C(F)(F)F)n5)ccc4cn3)cc21. The largest absolute Gasteiger partial charge is 0.451 e. The zero-order chi connectivity index (χ0) is 26.2. The number of alkyl halides is 3. The molecule has 4 aromatic rings. The number of halogens is 3. The second kappa shape index (κ2) is 9.22. The number of fused-ring (bicyclic) bond motifs is 2. The fourth-order valence-corrected chi connectivity index (χ4v) is 4.10. The molecule has 0 saturated carbocycles. The van der Waals surface area contributed by atoms with E-state index in [2.05, 4.69) is 31.3 Å². The molecule has 1 aliphatic rings. The van der Waals surface area contributed by atoms with Crippen molar-refractivity contribution in [2.45, 2.75) is 31.7 Å². The molecule has 4 heterocycles. The average Bonchev–Trinajstić information content (AvgIpc) is 2.91. The molecule has 0 bridgehead atoms. The van der Waals surface area contributed by atoms with Crippen LogP contribution in [0.5, 0.6) is 0 Å². The Morgan fingerprint density at radius 2 is 1.95 bits per heavy atom. The van der Waals surface area contributed by atoms with E-state index in [9.17, 15) is 23.2 Å². The molecular weight excluding hydrogens is 485 g/mol. The van der Waals surface area contributed by atoms with Gasteiger partial charge in [0.1, 0.15) is 5.41 Å². The molecule has 1 aliphatic heterocycles. The second-order valence-electron chi connectivity index (χ2n) is 8.82. The maximum absolute atomic E-state index is 13.0. The number of carbonyl (C=O) groups excluding carboxylic acids is 1. The van der Waals surface area contributed by atoms with Crippen LogP contribution < -0.4 is 5.32 Å². The maximum atomic E-state index is 13.0. The molecule has 3 aromatic heterocycles. The summed E-state index contributed by atoms with van der Waals surface area (Å²) in [4.78, 5) is 28.5. The van der Waals surface area contributed by atoms with Gasteiger partial charge < -0.3 is 10.1 Å². The highest BCUT2D eigenvalue weighted by Gasteiger charge is 2.35. The summed E-state index contributed by atoms with van der Waals surface area (Å²) in [7, 11) is 0. The molecule has 0 spiro atoms. The van der Waals surface area contributed by atoms with Gasteiger partial charge in [-0.1, -0.05) is 6.07 Å². The molecule has 0 saturated heterocycles. The molecule has 1 amide bonds. The number of carbonyl (C=O) groups is 1. The van der Waals surface area contributed by atoms with Crippen LogP contribution in [0.3, 0.4) is 0 Å². The number of hydrogen-bond donors (Lipinski definition) is 1. The zero-order valence-electron chi connectivity index (χ0n) is 19.5. The van der Waals surface area contributed by atoms with Crippen LogP contribution in [-0.2, 0) is 29.5 Å². The van der Waals surface area contributed by atoms with Crippen LogP contribution in [0.4, 0.5) is 13.2 Å². The minimum Gasteiger partial charge on any atom is -0.375 e. The van der Waals surface area contributed by atoms with Gasteiger partial charge in [-0.2, -0.15) is 18.4 Å². The molecule has 37 heavy (non-hydrogen) atoms. The lowest BCUT2D eigenvalue weighted by Gasteiger charge is -2.30. The molecule has 1 N–H and O–H groups in total. The minimum absolute atomic E-state index is 0.0399. The van der Waals surface area contributed by atoms with E-state index in [1.807, 2.05) is 0 Å². The number of nitrogens with one attached hydrogen (secondary N) is 1. The predicted octanol–water partition coefficient (Wildman–Crippen LogP) is 4.35. The molecular formula is C26H19F3N6O2. The number of rotatable bonds is 4. The molecule has 0 fully saturated rings. The van der Waals surface area contributed by atoms with Gasteiger partial charge in [-0.05, 0) is 54.4 Å². The van der Waals surface area contributed by atoms with E-state index in [1.165, 1.54) is 6.07 Å². The summed E-state index contributed by atoms with van der Waals surface area (Å²) in [5.74, 6) is -1.58. The lowest BCUT2D eigenvalue weighted by atomic mass is 9.79. The molecule has 0 unspecified atom stereocenters. The minimum atomic E-state index is -4.67. The lowest BCUT2D eigenvalue weighted by molar-refractivity contribution is -0.144. The van der Waals surface area contributed by atoms with Crippen LogP contribution in [0.15, 0.2) is 54.9 Å². The highest BCUT2D eigenvalue weighted by molar-refractivity contribution is 5.94. The number of nitriles is 1. The first kappa shape index (κ1) is 24.3. The van der Waals surface area contributed by atoms with Gasteiger partial charge in [-0.15, -0.1) is 0 Å². The van der Waals surface area contributed by atoms with Gasteiger partial charge in [-0.25, -0.2) is 15.0 Å². The van der Waals surface area contributed by atoms with E-state index in [-0.39, 0.29) is 30.4 Å². The number of nitrogens with zero attached hydrogens (tertiary/aromatic N) is 5. The van der Waals surface area contributed by atoms with Crippen LogP contribution in [0, 0.1) is 11.3 Å². The number of pyridine rings is 2. The Balaban J connectivity index is 1.35. The van der Waals surface area contributed by atoms with Crippen LogP contribution >= 0.6 is 0 Å². The Morgan fingerprint density at radius 1 is 1.14 bits per heavy atom. The van der Waals surface area contributed by atoms with Crippen molar-refractivity contribution in [3.05, 3.63) is 83.1 Å². The molecule has 11 heteroatoms. The van der Waals surface area contributed by atoms with Crippen molar-refractivity contribution in [2.24, 2.45) is 0 Å². The van der Waals surface area contributed by atoms with Crippen LogP contribution in [0.25, 0.3) is 22.3 Å². The Morgan fingerprint density at radius 3 is 2.73 bits per heavy atom. The summed E-state index contributed by atoms with van der Waals surface area (Å²) in [6.07, 6.45) is -2.05. The van der Waals surface area contributed by atoms with Crippen LogP contribution in [0.1, 0.15) is 39.9 Å². The summed E-state index contributed by atoms with van der Waals surface area (Å²) in [6.45, 7) is 2.52.